The molecule has 0 saturated heterocycles. The molecule has 1 N–H and O–H groups in total. The number of ether oxygens (including phenoxy) is 1. The van der Waals surface area contributed by atoms with Crippen LogP contribution in [0.3, 0.4) is 0 Å². The summed E-state index contributed by atoms with van der Waals surface area (Å²) in [5.41, 5.74) is -0.678. The first-order valence-electron chi connectivity index (χ1n) is 5.75. The molecule has 0 aromatic carbocycles. The number of aliphatic carboxylic acids is 1. The molecule has 0 fully saturated rings. The molecule has 0 heterocycles. The molecule has 1 atom stereocenters. The van der Waals surface area contributed by atoms with E-state index >= 15 is 0 Å². The van der Waals surface area contributed by atoms with E-state index in [0.717, 1.165) is 0 Å². The Morgan fingerprint density at radius 2 is 1.72 bits per heavy atom. The first-order chi connectivity index (χ1) is 8.03. The Labute approximate surface area is 107 Å². The summed E-state index contributed by atoms with van der Waals surface area (Å²) < 4.78 is 5.01. The number of carbonyl (C=O) groups is 3. The number of hydrogen-bond acceptors (Lipinski definition) is 5. The molecule has 0 aromatic heterocycles. The summed E-state index contributed by atoms with van der Waals surface area (Å²) in [7, 11) is 0. The largest absolute Gasteiger partial charge is 0.550 e. The van der Waals surface area contributed by atoms with Gasteiger partial charge in [-0.25, -0.2) is 4.79 Å². The van der Waals surface area contributed by atoms with Crippen LogP contribution >= 0.6 is 0 Å². The zero-order chi connectivity index (χ0) is 14.5. The lowest BCUT2D eigenvalue weighted by molar-refractivity contribution is -0.304. The molecular formula is C12H20NO5-. The maximum atomic E-state index is 11.6. The zero-order valence-corrected chi connectivity index (χ0v) is 11.4. The Hall–Kier alpha value is -1.59. The van der Waals surface area contributed by atoms with Crippen molar-refractivity contribution < 1.29 is 24.2 Å². The molecule has 0 aliphatic rings. The molecule has 0 aliphatic carbocycles. The monoisotopic (exact) mass is 258 g/mol. The Morgan fingerprint density at radius 1 is 1.22 bits per heavy atom. The van der Waals surface area contributed by atoms with E-state index in [0.29, 0.717) is 0 Å². The molecule has 0 aliphatic heterocycles. The van der Waals surface area contributed by atoms with Crippen LogP contribution in [0.15, 0.2) is 0 Å². The minimum atomic E-state index is -1.46. The third-order valence-electron chi connectivity index (χ3n) is 2.00. The van der Waals surface area contributed by atoms with E-state index in [2.05, 4.69) is 5.32 Å². The van der Waals surface area contributed by atoms with Gasteiger partial charge in [-0.1, -0.05) is 13.8 Å². The van der Waals surface area contributed by atoms with Crippen molar-refractivity contribution in [2.45, 2.75) is 52.7 Å². The third-order valence-corrected chi connectivity index (χ3v) is 2.00. The number of carbonyl (C=O) groups excluding carboxylic acids is 3. The second-order valence-corrected chi connectivity index (χ2v) is 5.38. The first-order valence-corrected chi connectivity index (χ1v) is 5.75. The van der Waals surface area contributed by atoms with Gasteiger partial charge in [-0.15, -0.1) is 0 Å². The minimum absolute atomic E-state index is 0.232. The van der Waals surface area contributed by atoms with E-state index in [4.69, 9.17) is 4.74 Å². The van der Waals surface area contributed by atoms with Gasteiger partial charge >= 0.3 is 6.09 Å². The van der Waals surface area contributed by atoms with Crippen LogP contribution in [0.25, 0.3) is 0 Å². The fourth-order valence-corrected chi connectivity index (χ4v) is 1.31. The fourth-order valence-electron chi connectivity index (χ4n) is 1.31. The van der Waals surface area contributed by atoms with E-state index in [1.807, 2.05) is 0 Å². The molecule has 0 spiro atoms. The molecule has 0 bridgehead atoms. The molecule has 0 radical (unpaired) electrons. The second kappa shape index (κ2) is 6.37. The second-order valence-electron chi connectivity index (χ2n) is 5.38. The summed E-state index contributed by atoms with van der Waals surface area (Å²) >= 11 is 0. The van der Waals surface area contributed by atoms with Gasteiger partial charge in [0.25, 0.3) is 0 Å². The molecule has 6 heteroatoms. The molecule has 0 aromatic rings. The number of Topliss-reactive ketones (excluding diaryl/α,β-unsaturated/α-hetero) is 1. The summed E-state index contributed by atoms with van der Waals surface area (Å²) in [6, 6.07) is -0.891. The number of hydrogen-bond donors (Lipinski definition) is 1. The lowest BCUT2D eigenvalue weighted by Gasteiger charge is -2.25. The van der Waals surface area contributed by atoms with Crippen LogP contribution in [0, 0.1) is 5.92 Å². The average molecular weight is 258 g/mol. The molecule has 104 valence electrons. The van der Waals surface area contributed by atoms with Gasteiger partial charge < -0.3 is 20.0 Å². The Kier molecular flexibility index (Phi) is 5.81. The van der Waals surface area contributed by atoms with Crippen molar-refractivity contribution in [1.82, 2.24) is 5.32 Å². The first kappa shape index (κ1) is 16.4. The van der Waals surface area contributed by atoms with Crippen LogP contribution < -0.4 is 10.4 Å². The molecule has 0 rings (SSSR count). The van der Waals surface area contributed by atoms with Gasteiger partial charge in [-0.2, -0.15) is 0 Å². The van der Waals surface area contributed by atoms with Gasteiger partial charge in [0.2, 0.25) is 0 Å². The normalized spacial score (nSPS) is 13.0. The van der Waals surface area contributed by atoms with Crippen molar-refractivity contribution in [3.05, 3.63) is 0 Å². The van der Waals surface area contributed by atoms with E-state index in [9.17, 15) is 19.5 Å². The number of rotatable bonds is 5. The average Bonchev–Trinajstić information content (AvgIpc) is 2.09. The number of amides is 1. The summed E-state index contributed by atoms with van der Waals surface area (Å²) in [6.45, 7) is 8.49. The smallest absolute Gasteiger partial charge is 0.408 e. The molecule has 6 nitrogen and oxygen atoms in total. The molecule has 18 heavy (non-hydrogen) atoms. The third kappa shape index (κ3) is 6.88. The van der Waals surface area contributed by atoms with Gasteiger partial charge in [0.15, 0.2) is 5.78 Å². The van der Waals surface area contributed by atoms with Crippen LogP contribution in [-0.4, -0.2) is 29.5 Å². The van der Waals surface area contributed by atoms with Gasteiger partial charge in [0, 0.05) is 12.4 Å². The lowest BCUT2D eigenvalue weighted by Crippen LogP contribution is -2.47. The van der Waals surface area contributed by atoms with Crippen molar-refractivity contribution in [2.75, 3.05) is 0 Å². The predicted octanol–water partition coefficient (Wildman–Crippen LogP) is 0.245. The topological polar surface area (TPSA) is 95.5 Å². The lowest BCUT2D eigenvalue weighted by atomic mass is 9.98. The Bertz CT molecular complexity index is 330. The molecular weight excluding hydrogens is 238 g/mol. The van der Waals surface area contributed by atoms with Crippen molar-refractivity contribution >= 4 is 17.8 Å². The van der Waals surface area contributed by atoms with Crippen molar-refractivity contribution in [3.8, 4) is 0 Å². The van der Waals surface area contributed by atoms with Crippen LogP contribution in [-0.2, 0) is 14.3 Å². The highest BCUT2D eigenvalue weighted by atomic mass is 16.6. The molecule has 0 saturated carbocycles. The van der Waals surface area contributed by atoms with Crippen molar-refractivity contribution in [2.24, 2.45) is 5.92 Å². The SMILES string of the molecule is CC(C)[C@H](NC(=O)OC(C)(C)C)C(=O)CC(=O)[O-]. The summed E-state index contributed by atoms with van der Waals surface area (Å²) in [5.74, 6) is -2.29. The van der Waals surface area contributed by atoms with Crippen molar-refractivity contribution in [3.63, 3.8) is 0 Å². The van der Waals surface area contributed by atoms with E-state index in [1.54, 1.807) is 34.6 Å². The summed E-state index contributed by atoms with van der Waals surface area (Å²) in [6.07, 6.45) is -1.47. The van der Waals surface area contributed by atoms with E-state index in [-0.39, 0.29) is 5.92 Å². The number of nitrogens with one attached hydrogen (secondary N) is 1. The van der Waals surface area contributed by atoms with Gasteiger partial charge in [-0.05, 0) is 26.7 Å². The Morgan fingerprint density at radius 3 is 2.06 bits per heavy atom. The number of carboxylic acid groups (broad SMARTS) is 1. The molecule has 1 amide bonds. The standard InChI is InChI=1S/C12H21NO5/c1-7(2)10(8(14)6-9(15)16)13-11(17)18-12(3,4)5/h7,10H,6H2,1-5H3,(H,13,17)(H,15,16)/p-1/t10-/m0/s1. The van der Waals surface area contributed by atoms with Crippen LogP contribution in [0.2, 0.25) is 0 Å². The summed E-state index contributed by atoms with van der Waals surface area (Å²) in [5, 5.41) is 12.8. The number of alkyl carbamates (subject to hydrolysis) is 1. The number of carboxylic acids is 1. The highest BCUT2D eigenvalue weighted by Gasteiger charge is 2.26. The number of ketones is 1. The fraction of sp³-hybridized carbons (Fsp3) is 0.750. The van der Waals surface area contributed by atoms with Crippen LogP contribution in [0.1, 0.15) is 41.0 Å². The van der Waals surface area contributed by atoms with Crippen molar-refractivity contribution in [1.29, 1.82) is 0 Å². The predicted molar refractivity (Wildman–Crippen MR) is 62.6 cm³/mol. The van der Waals surface area contributed by atoms with Gasteiger partial charge in [-0.3, -0.25) is 4.79 Å². The minimum Gasteiger partial charge on any atom is -0.550 e. The van der Waals surface area contributed by atoms with Crippen LogP contribution in [0.4, 0.5) is 4.79 Å². The van der Waals surface area contributed by atoms with E-state index < -0.39 is 35.9 Å². The molecule has 0 unspecified atom stereocenters. The van der Waals surface area contributed by atoms with E-state index in [1.165, 1.54) is 0 Å². The van der Waals surface area contributed by atoms with Gasteiger partial charge in [0.05, 0.1) is 6.04 Å². The van der Waals surface area contributed by atoms with Crippen LogP contribution in [0.5, 0.6) is 0 Å². The Balaban J connectivity index is 4.59. The maximum absolute atomic E-state index is 11.6. The highest BCUT2D eigenvalue weighted by Crippen LogP contribution is 2.10. The quantitative estimate of drug-likeness (QED) is 0.713. The summed E-state index contributed by atoms with van der Waals surface area (Å²) in [4.78, 5) is 33.5. The van der Waals surface area contributed by atoms with Gasteiger partial charge in [0.1, 0.15) is 5.60 Å². The zero-order valence-electron chi connectivity index (χ0n) is 11.4. The maximum Gasteiger partial charge on any atom is 0.408 e. The highest BCUT2D eigenvalue weighted by molar-refractivity contribution is 5.98.